The van der Waals surface area contributed by atoms with Gasteiger partial charge in [0.25, 0.3) is 0 Å². The highest BCUT2D eigenvalue weighted by Crippen LogP contribution is 2.64. The first-order chi connectivity index (χ1) is 26.8. The van der Waals surface area contributed by atoms with Crippen LogP contribution in [0.2, 0.25) is 0 Å². The SMILES string of the molecule is COc1ccc([C@H]2C3=CC[C@@H]4C(=O)N(C5CCN(Cc6ccccc6)CC5)C(=O)[C@@H]4[C@@H]3C[C@H]3C(=O)C(c4ccccc4)=CC(=O)[C@@]23c2ccccc2)c(O)c1. The van der Waals surface area contributed by atoms with Crippen molar-refractivity contribution in [3.05, 3.63) is 149 Å². The number of likely N-dealkylation sites (tertiary alicyclic amines) is 2. The summed E-state index contributed by atoms with van der Waals surface area (Å²) in [6.45, 7) is 2.39. The molecule has 6 atom stereocenters. The average molecular weight is 733 g/mol. The van der Waals surface area contributed by atoms with E-state index in [1.54, 1.807) is 17.0 Å². The van der Waals surface area contributed by atoms with Gasteiger partial charge in [0.1, 0.15) is 11.5 Å². The van der Waals surface area contributed by atoms with Crippen LogP contribution in [-0.4, -0.2) is 64.5 Å². The highest BCUT2D eigenvalue weighted by molar-refractivity contribution is 6.31. The number of imide groups is 1. The van der Waals surface area contributed by atoms with Gasteiger partial charge in [-0.3, -0.25) is 29.0 Å². The Hall–Kier alpha value is -5.60. The number of carbonyl (C=O) groups excluding carboxylic acids is 4. The van der Waals surface area contributed by atoms with E-state index in [4.69, 9.17) is 4.74 Å². The number of carbonyl (C=O) groups is 4. The normalized spacial score (nSPS) is 28.2. The van der Waals surface area contributed by atoms with E-state index >= 15 is 9.59 Å². The van der Waals surface area contributed by atoms with Crippen LogP contribution in [0.5, 0.6) is 11.5 Å². The van der Waals surface area contributed by atoms with Gasteiger partial charge >= 0.3 is 0 Å². The minimum Gasteiger partial charge on any atom is -0.508 e. The Bertz CT molecular complexity index is 2230. The summed E-state index contributed by atoms with van der Waals surface area (Å²) < 4.78 is 5.45. The second kappa shape index (κ2) is 13.9. The fraction of sp³-hybridized carbons (Fsp3) is 0.319. The Morgan fingerprint density at radius 2 is 1.47 bits per heavy atom. The Kier molecular flexibility index (Phi) is 8.89. The number of hydrogen-bond donors (Lipinski definition) is 1. The summed E-state index contributed by atoms with van der Waals surface area (Å²) in [5.74, 6) is -3.65. The molecule has 2 aliphatic heterocycles. The van der Waals surface area contributed by atoms with Crippen LogP contribution < -0.4 is 4.74 Å². The molecular formula is C47H44N2O6. The van der Waals surface area contributed by atoms with Crippen LogP contribution in [0.15, 0.2) is 127 Å². The molecule has 2 saturated heterocycles. The Balaban J connectivity index is 1.13. The van der Waals surface area contributed by atoms with Crippen molar-refractivity contribution in [2.24, 2.45) is 23.7 Å². The first-order valence-corrected chi connectivity index (χ1v) is 19.4. The van der Waals surface area contributed by atoms with Gasteiger partial charge < -0.3 is 9.84 Å². The van der Waals surface area contributed by atoms with Gasteiger partial charge in [-0.2, -0.15) is 0 Å². The summed E-state index contributed by atoms with van der Waals surface area (Å²) >= 11 is 0. The van der Waals surface area contributed by atoms with Crippen LogP contribution in [0.4, 0.5) is 0 Å². The van der Waals surface area contributed by atoms with E-state index in [2.05, 4.69) is 17.0 Å². The lowest BCUT2D eigenvalue weighted by Crippen LogP contribution is -2.58. The summed E-state index contributed by atoms with van der Waals surface area (Å²) in [5.41, 5.74) is 2.83. The number of aromatic hydroxyl groups is 1. The molecule has 2 amide bonds. The molecule has 2 heterocycles. The van der Waals surface area contributed by atoms with E-state index in [9.17, 15) is 14.7 Å². The second-order valence-corrected chi connectivity index (χ2v) is 15.8. The van der Waals surface area contributed by atoms with Crippen molar-refractivity contribution < 1.29 is 29.0 Å². The number of ketones is 2. The molecule has 0 bridgehead atoms. The van der Waals surface area contributed by atoms with Crippen molar-refractivity contribution in [1.82, 2.24) is 9.80 Å². The van der Waals surface area contributed by atoms with Crippen LogP contribution in [0.25, 0.3) is 5.57 Å². The Morgan fingerprint density at radius 3 is 2.15 bits per heavy atom. The van der Waals surface area contributed by atoms with Crippen molar-refractivity contribution in [3.63, 3.8) is 0 Å². The number of methoxy groups -OCH3 is 1. The zero-order chi connectivity index (χ0) is 37.8. The number of hydrogen-bond acceptors (Lipinski definition) is 7. The molecule has 3 fully saturated rings. The smallest absolute Gasteiger partial charge is 0.233 e. The zero-order valence-corrected chi connectivity index (χ0v) is 30.8. The third kappa shape index (κ3) is 5.60. The molecule has 8 heteroatoms. The molecule has 5 aliphatic rings. The fourth-order valence-electron chi connectivity index (χ4n) is 10.7. The summed E-state index contributed by atoms with van der Waals surface area (Å²) in [6, 6.07) is 33.9. The Labute approximate surface area is 321 Å². The number of Topliss-reactive ketones (excluding diaryl/α,β-unsaturated/α-hetero) is 1. The summed E-state index contributed by atoms with van der Waals surface area (Å²) in [7, 11) is 1.53. The second-order valence-electron chi connectivity index (χ2n) is 15.8. The van der Waals surface area contributed by atoms with Crippen LogP contribution in [-0.2, 0) is 31.1 Å². The topological polar surface area (TPSA) is 104 Å². The third-order valence-corrected chi connectivity index (χ3v) is 13.1. The van der Waals surface area contributed by atoms with E-state index in [0.717, 1.165) is 25.2 Å². The number of amides is 2. The quantitative estimate of drug-likeness (QED) is 0.163. The maximum Gasteiger partial charge on any atom is 0.233 e. The van der Waals surface area contributed by atoms with Gasteiger partial charge in [0.2, 0.25) is 11.8 Å². The Morgan fingerprint density at radius 1 is 0.800 bits per heavy atom. The number of ether oxygens (including phenoxy) is 1. The van der Waals surface area contributed by atoms with Gasteiger partial charge in [-0.25, -0.2) is 0 Å². The predicted octanol–water partition coefficient (Wildman–Crippen LogP) is 6.89. The fourth-order valence-corrected chi connectivity index (χ4v) is 10.7. The van der Waals surface area contributed by atoms with Gasteiger partial charge in [0.15, 0.2) is 11.6 Å². The molecule has 0 unspecified atom stereocenters. The largest absolute Gasteiger partial charge is 0.508 e. The van der Waals surface area contributed by atoms with E-state index in [1.165, 1.54) is 24.8 Å². The first kappa shape index (κ1) is 35.1. The van der Waals surface area contributed by atoms with Crippen molar-refractivity contribution in [3.8, 4) is 11.5 Å². The molecule has 3 aliphatic carbocycles. The molecule has 4 aromatic carbocycles. The maximum atomic E-state index is 15.2. The summed E-state index contributed by atoms with van der Waals surface area (Å²) in [5, 5.41) is 11.8. The zero-order valence-electron chi connectivity index (χ0n) is 30.8. The molecule has 4 aromatic rings. The highest BCUT2D eigenvalue weighted by Gasteiger charge is 2.66. The van der Waals surface area contributed by atoms with Crippen molar-refractivity contribution in [1.29, 1.82) is 0 Å². The number of fused-ring (bicyclic) bond motifs is 4. The first-order valence-electron chi connectivity index (χ1n) is 19.4. The molecule has 278 valence electrons. The van der Waals surface area contributed by atoms with E-state index in [0.29, 0.717) is 47.3 Å². The monoisotopic (exact) mass is 732 g/mol. The van der Waals surface area contributed by atoms with Gasteiger partial charge in [0.05, 0.1) is 24.4 Å². The average Bonchev–Trinajstić information content (AvgIpc) is 3.48. The third-order valence-electron chi connectivity index (χ3n) is 13.1. The lowest BCUT2D eigenvalue weighted by atomic mass is 9.44. The minimum absolute atomic E-state index is 0.0575. The predicted molar refractivity (Wildman–Crippen MR) is 208 cm³/mol. The lowest BCUT2D eigenvalue weighted by Gasteiger charge is -2.55. The van der Waals surface area contributed by atoms with Gasteiger partial charge in [-0.1, -0.05) is 109 Å². The summed E-state index contributed by atoms with van der Waals surface area (Å²) in [6.07, 6.45) is 5.53. The lowest BCUT2D eigenvalue weighted by molar-refractivity contribution is -0.144. The van der Waals surface area contributed by atoms with Crippen LogP contribution in [0, 0.1) is 23.7 Å². The molecule has 0 aromatic heterocycles. The molecular weight excluding hydrogens is 689 g/mol. The van der Waals surface area contributed by atoms with E-state index < -0.39 is 35.0 Å². The minimum atomic E-state index is -1.41. The number of rotatable bonds is 7. The number of nitrogens with zero attached hydrogens (tertiary/aromatic N) is 2. The molecule has 55 heavy (non-hydrogen) atoms. The molecule has 1 N–H and O–H groups in total. The number of phenolic OH excluding ortho intramolecular Hbond substituents is 1. The van der Waals surface area contributed by atoms with Crippen LogP contribution in [0.3, 0.4) is 0 Å². The number of allylic oxidation sites excluding steroid dienone is 4. The van der Waals surface area contributed by atoms with Crippen molar-refractivity contribution in [2.45, 2.75) is 49.6 Å². The van der Waals surface area contributed by atoms with Gasteiger partial charge in [0, 0.05) is 54.7 Å². The van der Waals surface area contributed by atoms with E-state index in [1.807, 2.05) is 84.9 Å². The molecule has 8 nitrogen and oxygen atoms in total. The van der Waals surface area contributed by atoms with Gasteiger partial charge in [-0.15, -0.1) is 0 Å². The van der Waals surface area contributed by atoms with E-state index in [-0.39, 0.29) is 41.6 Å². The van der Waals surface area contributed by atoms with Crippen molar-refractivity contribution >= 4 is 29.0 Å². The number of piperidine rings is 1. The summed E-state index contributed by atoms with van der Waals surface area (Å²) in [4.78, 5) is 63.5. The highest BCUT2D eigenvalue weighted by atomic mass is 16.5. The molecule has 0 radical (unpaired) electrons. The maximum absolute atomic E-state index is 15.2. The molecule has 1 saturated carbocycles. The van der Waals surface area contributed by atoms with Crippen molar-refractivity contribution in [2.75, 3.05) is 20.2 Å². The standard InChI is InChI=1S/C47H44N2O6/c1-55-33-17-18-35(40(50)25-33)43-34-19-20-36-42(46(54)49(45(36)53)32-21-23-48(24-22-32)28-29-11-5-2-6-12-29)38(34)26-39-44(52)37(30-13-7-3-8-14-30)27-41(51)47(39,43)31-15-9-4-10-16-31/h2-19,25,27,32,36,38-39,42-43,50H,20-24,26,28H2,1H3/t36-,38+,39-,42-,43+,47-/m0/s1. The number of phenols is 1. The molecule has 9 rings (SSSR count). The van der Waals surface area contributed by atoms with Crippen LogP contribution >= 0.6 is 0 Å². The number of benzene rings is 4. The molecule has 0 spiro atoms. The van der Waals surface area contributed by atoms with Gasteiger partial charge in [-0.05, 0) is 60.4 Å². The van der Waals surface area contributed by atoms with Crippen LogP contribution in [0.1, 0.15) is 53.9 Å².